The molecule has 1 N–H and O–H groups in total. The zero-order valence-electron chi connectivity index (χ0n) is 37.6. The van der Waals surface area contributed by atoms with Gasteiger partial charge >= 0.3 is 11.9 Å². The predicted molar refractivity (Wildman–Crippen MR) is 234 cm³/mol. The number of halogens is 1. The third-order valence-corrected chi connectivity index (χ3v) is 17.3. The van der Waals surface area contributed by atoms with Crippen molar-refractivity contribution in [2.75, 3.05) is 33.7 Å². The highest BCUT2D eigenvalue weighted by Crippen LogP contribution is 2.77. The van der Waals surface area contributed by atoms with E-state index in [1.807, 2.05) is 18.2 Å². The highest BCUT2D eigenvalue weighted by molar-refractivity contribution is 6.30. The number of hydrogen-bond donors (Lipinski definition) is 1. The first-order valence-electron chi connectivity index (χ1n) is 22.3. The van der Waals surface area contributed by atoms with Gasteiger partial charge in [0, 0.05) is 31.1 Å². The number of amidine groups is 1. The lowest BCUT2D eigenvalue weighted by atomic mass is 9.33. The number of rotatable bonds is 10. The van der Waals surface area contributed by atoms with Crippen molar-refractivity contribution < 1.29 is 24.2 Å². The first-order chi connectivity index (χ1) is 27.5. The number of ether oxygens (including phenoxy) is 1. The molecule has 59 heavy (non-hydrogen) atoms. The molecule has 2 heterocycles. The van der Waals surface area contributed by atoms with Crippen LogP contribution in [0.25, 0.3) is 5.70 Å². The highest BCUT2D eigenvalue weighted by Gasteiger charge is 2.71. The maximum absolute atomic E-state index is 14.7. The molecule has 0 aromatic carbocycles. The number of ketones is 1. The summed E-state index contributed by atoms with van der Waals surface area (Å²) in [4.78, 5) is 54.5. The van der Waals surface area contributed by atoms with Crippen LogP contribution >= 0.6 is 11.6 Å². The van der Waals surface area contributed by atoms with Gasteiger partial charge in [-0.1, -0.05) is 65.8 Å². The first-order valence-corrected chi connectivity index (χ1v) is 22.7. The first kappa shape index (κ1) is 43.8. The minimum atomic E-state index is -1.17. The zero-order chi connectivity index (χ0) is 43.1. The molecule has 6 aliphatic rings. The van der Waals surface area contributed by atoms with E-state index in [9.17, 15) is 19.5 Å². The van der Waals surface area contributed by atoms with E-state index in [-0.39, 0.29) is 51.8 Å². The van der Waals surface area contributed by atoms with E-state index < -0.39 is 22.8 Å². The second-order valence-electron chi connectivity index (χ2n) is 21.7. The van der Waals surface area contributed by atoms with Crippen LogP contribution in [0.2, 0.25) is 5.02 Å². The van der Waals surface area contributed by atoms with Crippen LogP contribution in [0, 0.1) is 56.2 Å². The summed E-state index contributed by atoms with van der Waals surface area (Å²) in [6.45, 7) is 21.9. The summed E-state index contributed by atoms with van der Waals surface area (Å²) in [6, 6.07) is 3.85. The van der Waals surface area contributed by atoms with Crippen molar-refractivity contribution >= 4 is 40.9 Å². The van der Waals surface area contributed by atoms with Gasteiger partial charge in [0.1, 0.15) is 17.6 Å². The lowest BCUT2D eigenvalue weighted by Crippen LogP contribution is -2.66. The number of pyridine rings is 1. The van der Waals surface area contributed by atoms with Crippen molar-refractivity contribution in [3.63, 3.8) is 0 Å². The lowest BCUT2D eigenvalue weighted by molar-refractivity contribution is -0.232. The molecule has 322 valence electrons. The molecule has 5 aliphatic carbocycles. The van der Waals surface area contributed by atoms with Gasteiger partial charge in [0.05, 0.1) is 34.5 Å². The maximum Gasteiger partial charge on any atom is 0.309 e. The molecule has 4 saturated carbocycles. The molecule has 1 aromatic heterocycles. The quantitative estimate of drug-likeness (QED) is 0.183. The number of carboxylic acids is 1. The number of likely N-dealkylation sites (N-methyl/N-ethyl adjacent to an activating group) is 1. The smallest absolute Gasteiger partial charge is 0.309 e. The topological polar surface area (TPSA) is 112 Å². The molecule has 0 amide bonds. The molecule has 10 heteroatoms. The number of esters is 1. The Balaban J connectivity index is 1.25. The Morgan fingerprint density at radius 2 is 1.75 bits per heavy atom. The van der Waals surface area contributed by atoms with E-state index in [2.05, 4.69) is 78.1 Å². The predicted octanol–water partition coefficient (Wildman–Crippen LogP) is 9.90. The summed E-state index contributed by atoms with van der Waals surface area (Å²) in [5.41, 5.74) is 5.79. The Hall–Kier alpha value is -3.26. The van der Waals surface area contributed by atoms with Crippen molar-refractivity contribution in [3.05, 3.63) is 52.0 Å². The summed E-state index contributed by atoms with van der Waals surface area (Å²) in [7, 11) is 4.19. The second kappa shape index (κ2) is 15.3. The molecule has 9 nitrogen and oxygen atoms in total. The molecule has 8 atom stereocenters. The van der Waals surface area contributed by atoms with Gasteiger partial charge in [-0.3, -0.25) is 24.4 Å². The Labute approximate surface area is 358 Å². The van der Waals surface area contributed by atoms with Crippen LogP contribution in [0.5, 0.6) is 0 Å². The van der Waals surface area contributed by atoms with Gasteiger partial charge in [0.2, 0.25) is 0 Å². The number of aromatic nitrogens is 1. The SMILES string of the molecule is CC(C)C1=C2C3CCC4C5(C)CCC(OC(=O)CC(C)(C)C(=O)O)C(C)(C)C5CCC4(C)C3(C)CCC2(C2=NCC=C=C(c3ccc(Cl)cn3)N2CCN(C)C)CC1=O. The monoisotopic (exact) mass is 828 g/mol. The number of carbonyl (C=O) groups is 3. The van der Waals surface area contributed by atoms with Gasteiger partial charge < -0.3 is 19.6 Å². The van der Waals surface area contributed by atoms with Gasteiger partial charge in [-0.05, 0) is 149 Å². The van der Waals surface area contributed by atoms with Crippen LogP contribution in [0.3, 0.4) is 0 Å². The van der Waals surface area contributed by atoms with Gasteiger partial charge in [-0.25, -0.2) is 0 Å². The van der Waals surface area contributed by atoms with E-state index >= 15 is 0 Å². The molecule has 0 radical (unpaired) electrons. The summed E-state index contributed by atoms with van der Waals surface area (Å²) in [5.74, 6) is 1.07. The summed E-state index contributed by atoms with van der Waals surface area (Å²) in [6.07, 6.45) is 11.7. The molecule has 0 saturated heterocycles. The molecule has 7 rings (SSSR count). The van der Waals surface area contributed by atoms with Crippen LogP contribution in [0.4, 0.5) is 0 Å². The summed E-state index contributed by atoms with van der Waals surface area (Å²) >= 11 is 6.33. The molecule has 0 spiro atoms. The number of nitrogens with zero attached hydrogens (tertiary/aromatic N) is 4. The third kappa shape index (κ3) is 6.98. The van der Waals surface area contributed by atoms with E-state index in [4.69, 9.17) is 26.3 Å². The molecule has 4 fully saturated rings. The highest BCUT2D eigenvalue weighted by atomic mass is 35.5. The number of fused-ring (bicyclic) bond motifs is 7. The van der Waals surface area contributed by atoms with Crippen molar-refractivity contribution in [2.24, 2.45) is 61.2 Å². The van der Waals surface area contributed by atoms with Crippen LogP contribution in [-0.2, 0) is 19.1 Å². The van der Waals surface area contributed by atoms with Crippen molar-refractivity contribution in [3.8, 4) is 0 Å². The maximum atomic E-state index is 14.7. The number of carbonyl (C=O) groups excluding carboxylic acids is 2. The van der Waals surface area contributed by atoms with E-state index in [0.29, 0.717) is 36.4 Å². The van der Waals surface area contributed by atoms with Crippen molar-refractivity contribution in [1.29, 1.82) is 0 Å². The number of Topliss-reactive ketones (excluding diaryl/α,β-unsaturated/α-hetero) is 1. The summed E-state index contributed by atoms with van der Waals surface area (Å²) < 4.78 is 6.23. The molecule has 1 aliphatic heterocycles. The Morgan fingerprint density at radius 3 is 2.39 bits per heavy atom. The van der Waals surface area contributed by atoms with E-state index in [1.54, 1.807) is 20.0 Å². The van der Waals surface area contributed by atoms with Crippen LogP contribution in [-0.4, -0.2) is 83.3 Å². The third-order valence-electron chi connectivity index (χ3n) is 17.1. The number of hydrogen-bond acceptors (Lipinski definition) is 8. The number of carboxylic acid groups (broad SMARTS) is 1. The fraction of sp³-hybridized carbons (Fsp3) is 0.714. The number of allylic oxidation sites excluding steroid dienone is 1. The fourth-order valence-electron chi connectivity index (χ4n) is 13.9. The molecule has 0 bridgehead atoms. The zero-order valence-corrected chi connectivity index (χ0v) is 38.4. The van der Waals surface area contributed by atoms with Crippen molar-refractivity contribution in [1.82, 2.24) is 14.8 Å². The normalized spacial score (nSPS) is 35.4. The van der Waals surface area contributed by atoms with Gasteiger partial charge in [-0.2, -0.15) is 0 Å². The number of aliphatic imine (C=N–C) groups is 1. The van der Waals surface area contributed by atoms with Crippen molar-refractivity contribution in [2.45, 2.75) is 133 Å². The standard InChI is InChI=1S/C49H69ClN4O5/c1-30(2)40-35(55)27-49(42-51-24-12-13-34(54(42)26-25-53(10)11)33-16-14-31(50)29-52-33)23-22-47(8)32(41(40)49)15-17-37-46(7)20-19-38(59-39(56)28-44(3,4)43(57)58)45(5,6)36(46)18-21-48(37,47)9/h12,14,16,29-30,32,36-38H,15,17-28H2,1-11H3,(H,57,58). The Kier molecular flexibility index (Phi) is 11.3. The van der Waals surface area contributed by atoms with E-state index in [0.717, 1.165) is 80.7 Å². The molecule has 1 aromatic rings. The molecular formula is C49H69ClN4O5. The molecular weight excluding hydrogens is 760 g/mol. The van der Waals surface area contributed by atoms with Crippen LogP contribution < -0.4 is 0 Å². The van der Waals surface area contributed by atoms with Crippen LogP contribution in [0.1, 0.15) is 132 Å². The van der Waals surface area contributed by atoms with E-state index in [1.165, 1.54) is 5.57 Å². The van der Waals surface area contributed by atoms with Gasteiger partial charge in [0.25, 0.3) is 0 Å². The van der Waals surface area contributed by atoms with Gasteiger partial charge in [0.15, 0.2) is 5.78 Å². The fourth-order valence-corrected chi connectivity index (χ4v) is 14.0. The second-order valence-corrected chi connectivity index (χ2v) is 22.1. The Morgan fingerprint density at radius 1 is 1.02 bits per heavy atom. The average Bonchev–Trinajstić information content (AvgIpc) is 3.29. The lowest BCUT2D eigenvalue weighted by Gasteiger charge is -2.72. The Bertz CT molecular complexity index is 2010. The van der Waals surface area contributed by atoms with Crippen LogP contribution in [0.15, 0.2) is 46.3 Å². The largest absolute Gasteiger partial charge is 0.481 e. The number of aliphatic carboxylic acids is 1. The minimum Gasteiger partial charge on any atom is -0.481 e. The van der Waals surface area contributed by atoms with Gasteiger partial charge in [-0.15, -0.1) is 0 Å². The molecule has 8 unspecified atom stereocenters. The average molecular weight is 830 g/mol. The summed E-state index contributed by atoms with van der Waals surface area (Å²) in [5, 5.41) is 10.3. The minimum absolute atomic E-state index is 0.0300.